The zero-order valence-corrected chi connectivity index (χ0v) is 23.2. The highest BCUT2D eigenvalue weighted by Crippen LogP contribution is 2.34. The average molecular weight is 558 g/mol. The molecule has 1 amide bonds. The molecule has 3 aliphatic rings. The lowest BCUT2D eigenvalue weighted by atomic mass is 10.0. The zero-order valence-electron chi connectivity index (χ0n) is 23.2. The van der Waals surface area contributed by atoms with Crippen LogP contribution in [0, 0.1) is 11.3 Å². The van der Waals surface area contributed by atoms with Gasteiger partial charge < -0.3 is 34.6 Å². The molecule has 0 unspecified atom stereocenters. The molecule has 0 saturated carbocycles. The molecular formula is C30H35N7O4. The first-order chi connectivity index (χ1) is 20.0. The van der Waals surface area contributed by atoms with Crippen LogP contribution in [0.5, 0.6) is 6.01 Å². The molecule has 6 rings (SSSR count). The van der Waals surface area contributed by atoms with Crippen molar-refractivity contribution >= 4 is 28.4 Å². The summed E-state index contributed by atoms with van der Waals surface area (Å²) in [6, 6.07) is 17.1. The molecule has 1 aromatic heterocycles. The van der Waals surface area contributed by atoms with E-state index in [9.17, 15) is 15.2 Å². The molecular weight excluding hydrogens is 522 g/mol. The van der Waals surface area contributed by atoms with Gasteiger partial charge in [-0.15, -0.1) is 0 Å². The lowest BCUT2D eigenvalue weighted by Gasteiger charge is -2.41. The van der Waals surface area contributed by atoms with Crippen LogP contribution in [0.25, 0.3) is 10.8 Å². The standard InChI is InChI=1S/C30H35N7O4/c1-20-18-40-23(15-32-20)19-41-29-33-26-17-35(27-8-4-6-21-5-2-3-7-24(21)27)12-10-25(26)28(34-29)36-13-14-37(30(38)39)22(16-36)9-11-31/h2-8,20,22-23,32H,9-10,12-19H2,1H3,(H,38,39)/t20-,22+,23-/m1/s1. The zero-order chi connectivity index (χ0) is 28.3. The monoisotopic (exact) mass is 557 g/mol. The molecule has 0 bridgehead atoms. The van der Waals surface area contributed by atoms with E-state index in [0.29, 0.717) is 58.0 Å². The first-order valence-corrected chi connectivity index (χ1v) is 14.2. The average Bonchev–Trinajstić information content (AvgIpc) is 3.00. The molecule has 41 heavy (non-hydrogen) atoms. The summed E-state index contributed by atoms with van der Waals surface area (Å²) in [5.41, 5.74) is 3.12. The number of rotatable bonds is 6. The number of nitrogens with one attached hydrogen (secondary N) is 1. The van der Waals surface area contributed by atoms with Gasteiger partial charge in [0.1, 0.15) is 18.5 Å². The van der Waals surface area contributed by atoms with Crippen molar-refractivity contribution in [3.05, 3.63) is 53.7 Å². The number of nitriles is 1. The number of aromatic nitrogens is 2. The van der Waals surface area contributed by atoms with Gasteiger partial charge in [0, 0.05) is 55.4 Å². The minimum absolute atomic E-state index is 0.0967. The second-order valence-corrected chi connectivity index (χ2v) is 10.9. The number of morpholine rings is 1. The Kier molecular flexibility index (Phi) is 7.76. The van der Waals surface area contributed by atoms with E-state index in [-0.39, 0.29) is 12.5 Å². The number of benzene rings is 2. The lowest BCUT2D eigenvalue weighted by Crippen LogP contribution is -2.55. The van der Waals surface area contributed by atoms with E-state index in [1.807, 2.05) is 0 Å². The first-order valence-electron chi connectivity index (χ1n) is 14.2. The van der Waals surface area contributed by atoms with Gasteiger partial charge in [-0.1, -0.05) is 36.4 Å². The smallest absolute Gasteiger partial charge is 0.407 e. The predicted octanol–water partition coefficient (Wildman–Crippen LogP) is 3.03. The fourth-order valence-corrected chi connectivity index (χ4v) is 5.99. The van der Waals surface area contributed by atoms with E-state index in [1.165, 1.54) is 15.7 Å². The largest absolute Gasteiger partial charge is 0.465 e. The Morgan fingerprint density at radius 3 is 2.83 bits per heavy atom. The quantitative estimate of drug-likeness (QED) is 0.467. The number of nitrogens with zero attached hydrogens (tertiary/aromatic N) is 6. The van der Waals surface area contributed by atoms with E-state index in [1.54, 1.807) is 0 Å². The third-order valence-electron chi connectivity index (χ3n) is 8.16. The lowest BCUT2D eigenvalue weighted by molar-refractivity contribution is -0.0182. The molecule has 3 aliphatic heterocycles. The van der Waals surface area contributed by atoms with Crippen LogP contribution in [0.2, 0.25) is 0 Å². The van der Waals surface area contributed by atoms with Crippen molar-refractivity contribution in [3.8, 4) is 12.1 Å². The van der Waals surface area contributed by atoms with Gasteiger partial charge in [0.05, 0.1) is 37.4 Å². The Morgan fingerprint density at radius 1 is 1.17 bits per heavy atom. The van der Waals surface area contributed by atoms with E-state index >= 15 is 0 Å². The Bertz CT molecular complexity index is 1450. The Labute approximate surface area is 239 Å². The van der Waals surface area contributed by atoms with Crippen molar-refractivity contribution in [1.29, 1.82) is 5.26 Å². The Balaban J connectivity index is 1.31. The summed E-state index contributed by atoms with van der Waals surface area (Å²) in [6.07, 6.45) is -0.233. The summed E-state index contributed by atoms with van der Waals surface area (Å²) in [7, 11) is 0. The van der Waals surface area contributed by atoms with Crippen molar-refractivity contribution in [3.63, 3.8) is 0 Å². The number of hydrogen-bond acceptors (Lipinski definition) is 9. The highest BCUT2D eigenvalue weighted by atomic mass is 16.5. The first kappa shape index (κ1) is 27.1. The van der Waals surface area contributed by atoms with Crippen molar-refractivity contribution in [1.82, 2.24) is 20.2 Å². The molecule has 0 spiro atoms. The third kappa shape index (κ3) is 5.71. The van der Waals surface area contributed by atoms with E-state index in [0.717, 1.165) is 35.7 Å². The summed E-state index contributed by atoms with van der Waals surface area (Å²) in [6.45, 7) is 6.31. The maximum atomic E-state index is 11.8. The Morgan fingerprint density at radius 2 is 2.02 bits per heavy atom. The molecule has 2 N–H and O–H groups in total. The van der Waals surface area contributed by atoms with Crippen LogP contribution in [0.1, 0.15) is 24.6 Å². The van der Waals surface area contributed by atoms with Crippen molar-refractivity contribution in [2.45, 2.75) is 44.5 Å². The van der Waals surface area contributed by atoms with Crippen molar-refractivity contribution in [2.24, 2.45) is 0 Å². The van der Waals surface area contributed by atoms with E-state index < -0.39 is 12.1 Å². The van der Waals surface area contributed by atoms with Gasteiger partial charge >= 0.3 is 12.1 Å². The summed E-state index contributed by atoms with van der Waals surface area (Å²) in [5, 5.41) is 24.9. The summed E-state index contributed by atoms with van der Waals surface area (Å²) in [5.74, 6) is 0.770. The maximum Gasteiger partial charge on any atom is 0.407 e. The van der Waals surface area contributed by atoms with E-state index in [2.05, 4.69) is 70.6 Å². The molecule has 4 heterocycles. The van der Waals surface area contributed by atoms with Gasteiger partial charge in [0.2, 0.25) is 0 Å². The predicted molar refractivity (Wildman–Crippen MR) is 154 cm³/mol. The molecule has 2 aromatic carbocycles. The maximum absolute atomic E-state index is 11.8. The Hall–Kier alpha value is -4.14. The highest BCUT2D eigenvalue weighted by molar-refractivity contribution is 5.94. The number of carboxylic acid groups (broad SMARTS) is 1. The van der Waals surface area contributed by atoms with Gasteiger partial charge in [-0.05, 0) is 24.8 Å². The fourth-order valence-electron chi connectivity index (χ4n) is 5.99. The van der Waals surface area contributed by atoms with Crippen LogP contribution in [0.15, 0.2) is 42.5 Å². The molecule has 0 radical (unpaired) electrons. The SMILES string of the molecule is C[C@@H]1CO[C@@H](COc2nc3c(c(N4CCN(C(=O)O)[C@@H](CC#N)C4)n2)CCN(c2cccc4ccccc24)C3)CN1. The van der Waals surface area contributed by atoms with Crippen LogP contribution >= 0.6 is 0 Å². The molecule has 3 atom stereocenters. The van der Waals surface area contributed by atoms with Crippen LogP contribution < -0.4 is 19.9 Å². The third-order valence-corrected chi connectivity index (χ3v) is 8.16. The molecule has 11 nitrogen and oxygen atoms in total. The van der Waals surface area contributed by atoms with Gasteiger partial charge in [0.25, 0.3) is 0 Å². The normalized spacial score (nSPS) is 22.7. The number of amides is 1. The molecule has 0 aliphatic carbocycles. The summed E-state index contributed by atoms with van der Waals surface area (Å²) >= 11 is 0. The number of fused-ring (bicyclic) bond motifs is 2. The molecule has 2 saturated heterocycles. The van der Waals surface area contributed by atoms with E-state index in [4.69, 9.17) is 19.4 Å². The number of carbonyl (C=O) groups is 1. The molecule has 3 aromatic rings. The van der Waals surface area contributed by atoms with Gasteiger partial charge in [0.15, 0.2) is 0 Å². The van der Waals surface area contributed by atoms with Crippen LogP contribution in [-0.2, 0) is 17.7 Å². The topological polar surface area (TPSA) is 127 Å². The number of piperazine rings is 1. The fraction of sp³-hybridized carbons (Fsp3) is 0.467. The minimum atomic E-state index is -1.00. The molecule has 11 heteroatoms. The molecule has 214 valence electrons. The second kappa shape index (κ2) is 11.8. The number of hydrogen-bond donors (Lipinski definition) is 2. The summed E-state index contributed by atoms with van der Waals surface area (Å²) < 4.78 is 12.0. The molecule has 2 fully saturated rings. The van der Waals surface area contributed by atoms with Crippen LogP contribution in [0.4, 0.5) is 16.3 Å². The minimum Gasteiger partial charge on any atom is -0.465 e. The van der Waals surface area contributed by atoms with Crippen molar-refractivity contribution in [2.75, 3.05) is 55.7 Å². The summed E-state index contributed by atoms with van der Waals surface area (Å²) in [4.78, 5) is 27.4. The van der Waals surface area contributed by atoms with Crippen LogP contribution in [0.3, 0.4) is 0 Å². The van der Waals surface area contributed by atoms with Crippen molar-refractivity contribution < 1.29 is 19.4 Å². The van der Waals surface area contributed by atoms with Gasteiger partial charge in [-0.3, -0.25) is 0 Å². The van der Waals surface area contributed by atoms with Gasteiger partial charge in [-0.2, -0.15) is 15.2 Å². The number of ether oxygens (including phenoxy) is 2. The highest BCUT2D eigenvalue weighted by Gasteiger charge is 2.34. The number of anilines is 2. The second-order valence-electron chi connectivity index (χ2n) is 10.9. The van der Waals surface area contributed by atoms with Gasteiger partial charge in [-0.25, -0.2) is 4.79 Å². The van der Waals surface area contributed by atoms with Crippen LogP contribution in [-0.4, -0.2) is 90.2 Å².